The first-order chi connectivity index (χ1) is 10.7. The molecule has 0 saturated carbocycles. The Morgan fingerprint density at radius 3 is 2.74 bits per heavy atom. The lowest BCUT2D eigenvalue weighted by atomic mass is 9.94. The SMILES string of the molecule is CC(C)(C)OC(=O)N1C2C=C(c3cc(Br)ccc3F)CC1CC2. The summed E-state index contributed by atoms with van der Waals surface area (Å²) >= 11 is 3.40. The van der Waals surface area contributed by atoms with Gasteiger partial charge in [-0.1, -0.05) is 22.0 Å². The van der Waals surface area contributed by atoms with E-state index in [1.807, 2.05) is 37.8 Å². The molecule has 3 nitrogen and oxygen atoms in total. The van der Waals surface area contributed by atoms with Crippen LogP contribution in [-0.4, -0.2) is 28.7 Å². The normalized spacial score (nSPS) is 23.7. The Hall–Kier alpha value is -1.36. The summed E-state index contributed by atoms with van der Waals surface area (Å²) in [6.45, 7) is 5.61. The lowest BCUT2D eigenvalue weighted by Crippen LogP contribution is -2.45. The Labute approximate surface area is 144 Å². The number of carbonyl (C=O) groups excluding carboxylic acids is 1. The fourth-order valence-electron chi connectivity index (χ4n) is 3.37. The van der Waals surface area contributed by atoms with Crippen LogP contribution < -0.4 is 0 Å². The van der Waals surface area contributed by atoms with Gasteiger partial charge in [0.25, 0.3) is 0 Å². The van der Waals surface area contributed by atoms with Crippen molar-refractivity contribution in [3.8, 4) is 0 Å². The third-order valence-corrected chi connectivity index (χ3v) is 4.77. The van der Waals surface area contributed by atoms with Crippen LogP contribution in [0.5, 0.6) is 0 Å². The number of ether oxygens (including phenoxy) is 1. The molecular formula is C18H21BrFNO2. The summed E-state index contributed by atoms with van der Waals surface area (Å²) in [6.07, 6.45) is 4.26. The largest absolute Gasteiger partial charge is 0.444 e. The van der Waals surface area contributed by atoms with E-state index in [1.165, 1.54) is 6.07 Å². The zero-order valence-electron chi connectivity index (χ0n) is 13.6. The summed E-state index contributed by atoms with van der Waals surface area (Å²) in [5.74, 6) is -0.218. The summed E-state index contributed by atoms with van der Waals surface area (Å²) < 4.78 is 20.5. The van der Waals surface area contributed by atoms with Gasteiger partial charge in [0, 0.05) is 16.1 Å². The number of benzene rings is 1. The molecule has 2 bridgehead atoms. The molecule has 0 radical (unpaired) electrons. The molecule has 23 heavy (non-hydrogen) atoms. The average molecular weight is 382 g/mol. The highest BCUT2D eigenvalue weighted by Crippen LogP contribution is 2.40. The number of rotatable bonds is 1. The van der Waals surface area contributed by atoms with Crippen molar-refractivity contribution in [2.24, 2.45) is 0 Å². The molecule has 0 aromatic heterocycles. The molecule has 0 N–H and O–H groups in total. The van der Waals surface area contributed by atoms with Gasteiger partial charge in [0.05, 0.1) is 6.04 Å². The highest BCUT2D eigenvalue weighted by molar-refractivity contribution is 9.10. The molecule has 1 amide bonds. The van der Waals surface area contributed by atoms with Crippen molar-refractivity contribution in [1.29, 1.82) is 0 Å². The lowest BCUT2D eigenvalue weighted by molar-refractivity contribution is 0.0175. The molecular weight excluding hydrogens is 361 g/mol. The van der Waals surface area contributed by atoms with E-state index < -0.39 is 5.60 Å². The van der Waals surface area contributed by atoms with Crippen molar-refractivity contribution >= 4 is 27.6 Å². The van der Waals surface area contributed by atoms with Gasteiger partial charge in [0.15, 0.2) is 0 Å². The zero-order valence-corrected chi connectivity index (χ0v) is 15.2. The second-order valence-corrected chi connectivity index (χ2v) is 8.12. The summed E-state index contributed by atoms with van der Waals surface area (Å²) in [6, 6.07) is 5.07. The van der Waals surface area contributed by atoms with Crippen molar-refractivity contribution < 1.29 is 13.9 Å². The zero-order chi connectivity index (χ0) is 16.8. The third-order valence-electron chi connectivity index (χ3n) is 4.27. The number of hydrogen-bond donors (Lipinski definition) is 0. The number of hydrogen-bond acceptors (Lipinski definition) is 2. The number of amides is 1. The van der Waals surface area contributed by atoms with Gasteiger partial charge >= 0.3 is 6.09 Å². The van der Waals surface area contributed by atoms with Crippen molar-refractivity contribution in [2.75, 3.05) is 0 Å². The van der Waals surface area contributed by atoms with E-state index in [1.54, 1.807) is 6.07 Å². The summed E-state index contributed by atoms with van der Waals surface area (Å²) in [5, 5.41) is 0. The highest BCUT2D eigenvalue weighted by Gasteiger charge is 2.41. The minimum Gasteiger partial charge on any atom is -0.444 e. The Balaban J connectivity index is 1.86. The second-order valence-electron chi connectivity index (χ2n) is 7.21. The first-order valence-corrected chi connectivity index (χ1v) is 8.71. The van der Waals surface area contributed by atoms with Crippen LogP contribution in [0.25, 0.3) is 5.57 Å². The number of nitrogens with zero attached hydrogens (tertiary/aromatic N) is 1. The molecule has 2 aliphatic rings. The molecule has 2 unspecified atom stereocenters. The average Bonchev–Trinajstić information content (AvgIpc) is 2.71. The van der Waals surface area contributed by atoms with E-state index in [0.717, 1.165) is 22.9 Å². The Morgan fingerprint density at radius 1 is 1.35 bits per heavy atom. The molecule has 3 rings (SSSR count). The van der Waals surface area contributed by atoms with Gasteiger partial charge in [-0.25, -0.2) is 9.18 Å². The molecule has 1 fully saturated rings. The van der Waals surface area contributed by atoms with Gasteiger partial charge < -0.3 is 4.74 Å². The molecule has 0 spiro atoms. The van der Waals surface area contributed by atoms with Gasteiger partial charge in [-0.3, -0.25) is 4.90 Å². The molecule has 1 aromatic rings. The maximum absolute atomic E-state index is 14.1. The topological polar surface area (TPSA) is 29.5 Å². The Bertz CT molecular complexity index is 665. The van der Waals surface area contributed by atoms with E-state index >= 15 is 0 Å². The molecule has 2 atom stereocenters. The van der Waals surface area contributed by atoms with Crippen LogP contribution in [0.3, 0.4) is 0 Å². The van der Waals surface area contributed by atoms with Crippen LogP contribution in [0.15, 0.2) is 28.7 Å². The molecule has 1 aromatic carbocycles. The molecule has 5 heteroatoms. The van der Waals surface area contributed by atoms with E-state index in [9.17, 15) is 9.18 Å². The molecule has 1 saturated heterocycles. The third kappa shape index (κ3) is 3.44. The Morgan fingerprint density at radius 2 is 2.09 bits per heavy atom. The summed E-state index contributed by atoms with van der Waals surface area (Å²) in [5.41, 5.74) is 1.10. The van der Waals surface area contributed by atoms with E-state index in [2.05, 4.69) is 15.9 Å². The number of carbonyl (C=O) groups is 1. The van der Waals surface area contributed by atoms with Gasteiger partial charge in [-0.05, 0) is 63.8 Å². The van der Waals surface area contributed by atoms with Crippen LogP contribution in [0, 0.1) is 5.82 Å². The molecule has 2 heterocycles. The molecule has 124 valence electrons. The first kappa shape index (κ1) is 16.5. The van der Waals surface area contributed by atoms with Gasteiger partial charge in [0.2, 0.25) is 0 Å². The first-order valence-electron chi connectivity index (χ1n) is 7.92. The van der Waals surface area contributed by atoms with Gasteiger partial charge in [0.1, 0.15) is 11.4 Å². The van der Waals surface area contributed by atoms with Crippen LogP contribution in [0.4, 0.5) is 9.18 Å². The van der Waals surface area contributed by atoms with Crippen molar-refractivity contribution in [3.63, 3.8) is 0 Å². The Kier molecular flexibility index (Phi) is 4.25. The summed E-state index contributed by atoms with van der Waals surface area (Å²) in [7, 11) is 0. The maximum Gasteiger partial charge on any atom is 0.411 e. The standard InChI is InChI=1S/C18H21BrFNO2/c1-18(2,3)23-17(22)21-13-5-6-14(21)9-11(8-13)15-10-12(19)4-7-16(15)20/h4,7-8,10,13-14H,5-6,9H2,1-3H3. The van der Waals surface area contributed by atoms with Crippen molar-refractivity contribution in [1.82, 2.24) is 4.90 Å². The van der Waals surface area contributed by atoms with Crippen molar-refractivity contribution in [3.05, 3.63) is 40.1 Å². The van der Waals surface area contributed by atoms with Crippen LogP contribution in [-0.2, 0) is 4.74 Å². The van der Waals surface area contributed by atoms with Gasteiger partial charge in [-0.2, -0.15) is 0 Å². The van der Waals surface area contributed by atoms with E-state index in [0.29, 0.717) is 12.0 Å². The van der Waals surface area contributed by atoms with Crippen molar-refractivity contribution in [2.45, 2.75) is 57.7 Å². The number of fused-ring (bicyclic) bond motifs is 2. The second kappa shape index (κ2) is 5.93. The van der Waals surface area contributed by atoms with E-state index in [4.69, 9.17) is 4.74 Å². The minimum absolute atomic E-state index is 0.00279. The monoisotopic (exact) mass is 381 g/mol. The fourth-order valence-corrected chi connectivity index (χ4v) is 3.73. The predicted molar refractivity (Wildman–Crippen MR) is 91.6 cm³/mol. The smallest absolute Gasteiger partial charge is 0.411 e. The van der Waals surface area contributed by atoms with Crippen LogP contribution in [0.1, 0.15) is 45.6 Å². The number of halogens is 2. The van der Waals surface area contributed by atoms with Crippen LogP contribution in [0.2, 0.25) is 0 Å². The lowest BCUT2D eigenvalue weighted by Gasteiger charge is -2.35. The molecule has 2 aliphatic heterocycles. The maximum atomic E-state index is 14.1. The fraction of sp³-hybridized carbons (Fsp3) is 0.500. The predicted octanol–water partition coefficient (Wildman–Crippen LogP) is 5.14. The quantitative estimate of drug-likeness (QED) is 0.673. The van der Waals surface area contributed by atoms with E-state index in [-0.39, 0.29) is 24.0 Å². The highest BCUT2D eigenvalue weighted by atomic mass is 79.9. The minimum atomic E-state index is -0.503. The van der Waals surface area contributed by atoms with Crippen LogP contribution >= 0.6 is 15.9 Å². The molecule has 0 aliphatic carbocycles. The summed E-state index contributed by atoms with van der Waals surface area (Å²) in [4.78, 5) is 14.3. The van der Waals surface area contributed by atoms with Gasteiger partial charge in [-0.15, -0.1) is 0 Å².